The van der Waals surface area contributed by atoms with Crippen LogP contribution in [0.25, 0.3) is 0 Å². The average Bonchev–Trinajstić information content (AvgIpc) is 2.67. The largest absolute Gasteiger partial charge is 0.497 e. The van der Waals surface area contributed by atoms with E-state index in [1.807, 2.05) is 38.1 Å². The molecule has 0 bridgehead atoms. The van der Waals surface area contributed by atoms with Crippen LogP contribution in [0.5, 0.6) is 11.5 Å². The second-order valence-corrected chi connectivity index (χ2v) is 9.78. The maximum atomic E-state index is 11.5. The van der Waals surface area contributed by atoms with E-state index in [1.165, 1.54) is 12.1 Å². The van der Waals surface area contributed by atoms with E-state index in [0.717, 1.165) is 17.7 Å². The molecule has 0 aliphatic rings. The number of nitrogens with one attached hydrogen (secondary N) is 1. The van der Waals surface area contributed by atoms with Crippen molar-refractivity contribution >= 4 is 33.2 Å². The number of sulfonamides is 1. The van der Waals surface area contributed by atoms with Gasteiger partial charge < -0.3 is 19.9 Å². The summed E-state index contributed by atoms with van der Waals surface area (Å²) in [4.78, 5) is -0.288. The number of ether oxygens (including phenoxy) is 2. The van der Waals surface area contributed by atoms with E-state index in [0.29, 0.717) is 0 Å². The van der Waals surface area contributed by atoms with Gasteiger partial charge in [-0.2, -0.15) is 0 Å². The van der Waals surface area contributed by atoms with Crippen molar-refractivity contribution in [1.29, 1.82) is 0 Å². The van der Waals surface area contributed by atoms with Crippen molar-refractivity contribution < 1.29 is 23.0 Å². The zero-order chi connectivity index (χ0) is 22.5. The Morgan fingerprint density at radius 1 is 1.13 bits per heavy atom. The van der Waals surface area contributed by atoms with E-state index in [-0.39, 0.29) is 39.4 Å². The van der Waals surface area contributed by atoms with Crippen molar-refractivity contribution in [3.8, 4) is 11.5 Å². The first-order chi connectivity index (χ1) is 13.9. The number of hydrogen-bond acceptors (Lipinski definition) is 6. The molecule has 166 valence electrons. The van der Waals surface area contributed by atoms with Gasteiger partial charge in [-0.25, -0.2) is 13.6 Å². The summed E-state index contributed by atoms with van der Waals surface area (Å²) in [5, 5.41) is 18.4. The molecule has 2 aromatic rings. The molecule has 0 radical (unpaired) electrons. The van der Waals surface area contributed by atoms with Crippen LogP contribution in [-0.2, 0) is 16.4 Å². The lowest BCUT2D eigenvalue weighted by atomic mass is 9.94. The first-order valence-corrected chi connectivity index (χ1v) is 11.4. The van der Waals surface area contributed by atoms with Gasteiger partial charge in [-0.05, 0) is 50.1 Å². The number of rotatable bonds is 10. The first kappa shape index (κ1) is 24.7. The van der Waals surface area contributed by atoms with Gasteiger partial charge in [0.05, 0.1) is 12.1 Å². The van der Waals surface area contributed by atoms with Crippen molar-refractivity contribution in [2.75, 3.05) is 20.3 Å². The number of nitrogens with two attached hydrogens (primary N) is 1. The predicted molar refractivity (Wildman–Crippen MR) is 118 cm³/mol. The molecule has 0 aliphatic carbocycles. The van der Waals surface area contributed by atoms with Crippen LogP contribution >= 0.6 is 23.2 Å². The number of aliphatic hydroxyl groups is 1. The molecule has 2 rings (SSSR count). The monoisotopic (exact) mass is 476 g/mol. The summed E-state index contributed by atoms with van der Waals surface area (Å²) in [5.41, 5.74) is 0.864. The summed E-state index contributed by atoms with van der Waals surface area (Å²) in [6, 6.07) is 10.4. The summed E-state index contributed by atoms with van der Waals surface area (Å²) in [7, 11) is -2.37. The Bertz CT molecular complexity index is 966. The number of aliphatic hydroxyl groups excluding tert-OH is 1. The van der Waals surface area contributed by atoms with E-state index in [1.54, 1.807) is 7.11 Å². The Hall–Kier alpha value is -1.55. The zero-order valence-electron chi connectivity index (χ0n) is 17.0. The third kappa shape index (κ3) is 7.01. The van der Waals surface area contributed by atoms with Crippen molar-refractivity contribution in [2.24, 2.45) is 5.14 Å². The third-order valence-corrected chi connectivity index (χ3v) is 6.30. The average molecular weight is 477 g/mol. The lowest BCUT2D eigenvalue weighted by Crippen LogP contribution is -2.46. The molecule has 0 saturated carbocycles. The smallest absolute Gasteiger partial charge is 0.239 e. The van der Waals surface area contributed by atoms with Crippen LogP contribution in [-0.4, -0.2) is 45.4 Å². The van der Waals surface area contributed by atoms with Gasteiger partial charge in [-0.3, -0.25) is 0 Å². The number of methoxy groups -OCH3 is 1. The van der Waals surface area contributed by atoms with Gasteiger partial charge in [-0.1, -0.05) is 35.3 Å². The van der Waals surface area contributed by atoms with Gasteiger partial charge >= 0.3 is 0 Å². The zero-order valence-corrected chi connectivity index (χ0v) is 19.3. The molecular formula is C20H26Cl2N2O5S. The molecule has 0 unspecified atom stereocenters. The Morgan fingerprint density at radius 3 is 2.33 bits per heavy atom. The summed E-state index contributed by atoms with van der Waals surface area (Å²) in [5.74, 6) is 0.957. The number of hydrogen-bond donors (Lipinski definition) is 3. The standard InChI is InChI=1S/C20H26Cl2N2O5S/c1-20(2,10-13-4-6-15(28-3)7-5-13)24-11-14(25)12-29-16-8-9-17(30(23,26)27)19(22)18(16)21/h4-9,14,24-25H,10-12H2,1-3H3,(H2,23,26,27)/t14-/m1/s1. The molecule has 0 fully saturated rings. The van der Waals surface area contributed by atoms with Crippen LogP contribution in [0, 0.1) is 0 Å². The lowest BCUT2D eigenvalue weighted by Gasteiger charge is -2.28. The normalized spacial score (nSPS) is 13.2. The molecule has 2 aromatic carbocycles. The van der Waals surface area contributed by atoms with Crippen LogP contribution in [0.2, 0.25) is 10.0 Å². The van der Waals surface area contributed by atoms with Crippen molar-refractivity contribution in [3.05, 3.63) is 52.0 Å². The highest BCUT2D eigenvalue weighted by molar-refractivity contribution is 7.89. The van der Waals surface area contributed by atoms with Gasteiger partial charge in [0, 0.05) is 12.1 Å². The van der Waals surface area contributed by atoms with Crippen LogP contribution in [0.4, 0.5) is 0 Å². The van der Waals surface area contributed by atoms with Crippen molar-refractivity contribution in [3.63, 3.8) is 0 Å². The van der Waals surface area contributed by atoms with E-state index >= 15 is 0 Å². The van der Waals surface area contributed by atoms with Crippen molar-refractivity contribution in [2.45, 2.75) is 36.8 Å². The van der Waals surface area contributed by atoms with Crippen molar-refractivity contribution in [1.82, 2.24) is 5.32 Å². The molecule has 0 aliphatic heterocycles. The summed E-state index contributed by atoms with van der Waals surface area (Å²) >= 11 is 12.0. The minimum Gasteiger partial charge on any atom is -0.497 e. The van der Waals surface area contributed by atoms with Gasteiger partial charge in [0.25, 0.3) is 0 Å². The lowest BCUT2D eigenvalue weighted by molar-refractivity contribution is 0.0988. The van der Waals surface area contributed by atoms with E-state index in [2.05, 4.69) is 5.32 Å². The Kier molecular flexibility index (Phi) is 8.38. The van der Waals surface area contributed by atoms with Crippen LogP contribution < -0.4 is 19.9 Å². The number of halogens is 2. The fraction of sp³-hybridized carbons (Fsp3) is 0.400. The van der Waals surface area contributed by atoms with Gasteiger partial charge in [0.1, 0.15) is 34.1 Å². The third-order valence-electron chi connectivity index (χ3n) is 4.37. The summed E-state index contributed by atoms with van der Waals surface area (Å²) in [6.45, 7) is 4.29. The number of β-amino-alcohol motifs (C(OH)–C–C–N with tert-alkyl or cyclic N) is 1. The highest BCUT2D eigenvalue weighted by Gasteiger charge is 2.21. The minimum absolute atomic E-state index is 0.0591. The van der Waals surface area contributed by atoms with E-state index in [9.17, 15) is 13.5 Å². The SMILES string of the molecule is COc1ccc(CC(C)(C)NC[C@@H](O)COc2ccc(S(N)(=O)=O)c(Cl)c2Cl)cc1. The Labute approximate surface area is 187 Å². The number of primary sulfonamides is 1. The molecule has 30 heavy (non-hydrogen) atoms. The topological polar surface area (TPSA) is 111 Å². The van der Waals surface area contributed by atoms with Crippen LogP contribution in [0.3, 0.4) is 0 Å². The van der Waals surface area contributed by atoms with Gasteiger partial charge in [0.2, 0.25) is 10.0 Å². The Morgan fingerprint density at radius 2 is 1.77 bits per heavy atom. The van der Waals surface area contributed by atoms with Gasteiger partial charge in [0.15, 0.2) is 0 Å². The molecule has 0 amide bonds. The second kappa shape index (κ2) is 10.2. The maximum Gasteiger partial charge on any atom is 0.239 e. The first-order valence-electron chi connectivity index (χ1n) is 9.12. The molecular weight excluding hydrogens is 451 g/mol. The highest BCUT2D eigenvalue weighted by Crippen LogP contribution is 2.36. The highest BCUT2D eigenvalue weighted by atomic mass is 35.5. The Balaban J connectivity index is 1.89. The molecule has 0 heterocycles. The summed E-state index contributed by atoms with van der Waals surface area (Å²) in [6.07, 6.45) is -0.0750. The molecule has 1 atom stereocenters. The fourth-order valence-electron chi connectivity index (χ4n) is 2.80. The van der Waals surface area contributed by atoms with E-state index < -0.39 is 16.1 Å². The van der Waals surface area contributed by atoms with E-state index in [4.69, 9.17) is 37.8 Å². The van der Waals surface area contributed by atoms with Crippen LogP contribution in [0.15, 0.2) is 41.3 Å². The molecule has 10 heteroatoms. The number of benzene rings is 2. The second-order valence-electron chi connectivity index (χ2n) is 7.49. The fourth-order valence-corrected chi connectivity index (χ4v) is 4.16. The quantitative estimate of drug-likeness (QED) is 0.485. The molecule has 4 N–H and O–H groups in total. The van der Waals surface area contributed by atoms with Crippen LogP contribution in [0.1, 0.15) is 19.4 Å². The molecule has 7 nitrogen and oxygen atoms in total. The summed E-state index contributed by atoms with van der Waals surface area (Å²) < 4.78 is 33.6. The maximum absolute atomic E-state index is 11.5. The van der Waals surface area contributed by atoms with Gasteiger partial charge in [-0.15, -0.1) is 0 Å². The minimum atomic E-state index is -4.00. The molecule has 0 aromatic heterocycles. The predicted octanol–water partition coefficient (Wildman–Crippen LogP) is 3.00. The molecule has 0 spiro atoms. The molecule has 0 saturated heterocycles.